The molecule has 1 aliphatic rings. The number of aromatic nitrogens is 1. The molecule has 192 valence electrons. The molecule has 0 aliphatic carbocycles. The van der Waals surface area contributed by atoms with E-state index >= 15 is 0 Å². The number of nitriles is 1. The molecule has 2 heterocycles. The molecule has 3 aromatic rings. The van der Waals surface area contributed by atoms with Gasteiger partial charge in [-0.25, -0.2) is 14.7 Å². The maximum atomic E-state index is 13.2. The van der Waals surface area contributed by atoms with E-state index in [0.29, 0.717) is 21.8 Å². The van der Waals surface area contributed by atoms with Crippen LogP contribution in [0.25, 0.3) is 0 Å². The van der Waals surface area contributed by atoms with Gasteiger partial charge in [-0.1, -0.05) is 39.8 Å². The number of amides is 2. The third kappa shape index (κ3) is 5.54. The number of nitrogens with zero attached hydrogens (tertiary/aromatic N) is 3. The average molecular weight is 592 g/mol. The lowest BCUT2D eigenvalue weighted by atomic mass is 10.1. The third-order valence-corrected chi connectivity index (χ3v) is 8.00. The summed E-state index contributed by atoms with van der Waals surface area (Å²) in [6, 6.07) is 14.7. The quantitative estimate of drug-likeness (QED) is 0.211. The van der Waals surface area contributed by atoms with E-state index in [-0.39, 0.29) is 23.7 Å². The maximum Gasteiger partial charge on any atom is 0.338 e. The molecular weight excluding hydrogens is 570 g/mol. The minimum atomic E-state index is -0.724. The first-order chi connectivity index (χ1) is 18.1. The van der Waals surface area contributed by atoms with Crippen molar-refractivity contribution in [3.63, 3.8) is 0 Å². The lowest BCUT2D eigenvalue weighted by Gasteiger charge is -2.16. The van der Waals surface area contributed by atoms with E-state index in [4.69, 9.17) is 4.74 Å². The molecule has 1 aliphatic heterocycles. The summed E-state index contributed by atoms with van der Waals surface area (Å²) in [4.78, 5) is 56.1. The van der Waals surface area contributed by atoms with E-state index in [0.717, 1.165) is 38.0 Å². The molecule has 1 fully saturated rings. The van der Waals surface area contributed by atoms with Crippen molar-refractivity contribution in [1.29, 1.82) is 5.26 Å². The van der Waals surface area contributed by atoms with Gasteiger partial charge in [-0.05, 0) is 68.3 Å². The topological polar surface area (TPSA) is 117 Å². The standard InChI is InChI=1S/C28H22BrN3O5S/c1-15-16(2)22(13-30)26(31-17(15)3)38-24-12-25(34)32(27(24)35)21-10-6-19(7-11-21)28(36)37-14-23(33)18-4-8-20(29)9-5-18/h4-11,24H,12,14H2,1-3H3. The number of hydrogen-bond acceptors (Lipinski definition) is 8. The molecule has 0 N–H and O–H groups in total. The number of anilines is 1. The van der Waals surface area contributed by atoms with Crippen molar-refractivity contribution < 1.29 is 23.9 Å². The van der Waals surface area contributed by atoms with Crippen LogP contribution in [0.5, 0.6) is 0 Å². The van der Waals surface area contributed by atoms with Crippen molar-refractivity contribution in [2.45, 2.75) is 37.5 Å². The molecular formula is C28H22BrN3O5S. The Morgan fingerprint density at radius 3 is 2.32 bits per heavy atom. The van der Waals surface area contributed by atoms with Crippen molar-refractivity contribution in [2.24, 2.45) is 0 Å². The highest BCUT2D eigenvalue weighted by Gasteiger charge is 2.41. The fourth-order valence-electron chi connectivity index (χ4n) is 3.91. The van der Waals surface area contributed by atoms with Crippen LogP contribution in [0.15, 0.2) is 58.0 Å². The molecule has 1 saturated heterocycles. The number of halogens is 1. The van der Waals surface area contributed by atoms with Crippen LogP contribution in [0.3, 0.4) is 0 Å². The second-order valence-corrected chi connectivity index (χ2v) is 10.8. The summed E-state index contributed by atoms with van der Waals surface area (Å²) < 4.78 is 5.96. The number of pyridine rings is 1. The van der Waals surface area contributed by atoms with E-state index in [1.54, 1.807) is 24.3 Å². The Labute approximate surface area is 232 Å². The number of carbonyl (C=O) groups is 4. The number of Topliss-reactive ketones (excluding diaryl/α,β-unsaturated/α-hetero) is 1. The number of thioether (sulfide) groups is 1. The summed E-state index contributed by atoms with van der Waals surface area (Å²) in [5.41, 5.74) is 3.79. The van der Waals surface area contributed by atoms with E-state index in [1.165, 1.54) is 24.3 Å². The van der Waals surface area contributed by atoms with Crippen LogP contribution in [0.2, 0.25) is 0 Å². The van der Waals surface area contributed by atoms with Crippen LogP contribution in [0.1, 0.15) is 49.5 Å². The van der Waals surface area contributed by atoms with Crippen molar-refractivity contribution in [3.8, 4) is 6.07 Å². The first kappa shape index (κ1) is 27.2. The SMILES string of the molecule is Cc1nc(SC2CC(=O)N(c3ccc(C(=O)OCC(=O)c4ccc(Br)cc4)cc3)C2=O)c(C#N)c(C)c1C. The third-order valence-electron chi connectivity index (χ3n) is 6.30. The van der Waals surface area contributed by atoms with Crippen LogP contribution in [0.4, 0.5) is 5.69 Å². The first-order valence-electron chi connectivity index (χ1n) is 11.6. The predicted molar refractivity (Wildman–Crippen MR) is 145 cm³/mol. The summed E-state index contributed by atoms with van der Waals surface area (Å²) >= 11 is 4.41. The molecule has 38 heavy (non-hydrogen) atoms. The number of imide groups is 1. The second-order valence-electron chi connectivity index (χ2n) is 8.67. The molecule has 1 atom stereocenters. The van der Waals surface area contributed by atoms with Crippen LogP contribution in [0, 0.1) is 32.1 Å². The summed E-state index contributed by atoms with van der Waals surface area (Å²) in [5, 5.41) is 9.32. The Kier molecular flexibility index (Phi) is 8.09. The highest BCUT2D eigenvalue weighted by Crippen LogP contribution is 2.36. The highest BCUT2D eigenvalue weighted by atomic mass is 79.9. The zero-order valence-electron chi connectivity index (χ0n) is 20.8. The lowest BCUT2D eigenvalue weighted by molar-refractivity contribution is -0.121. The molecule has 2 aromatic carbocycles. The normalized spacial score (nSPS) is 14.9. The molecule has 0 spiro atoms. The predicted octanol–water partition coefficient (Wildman–Crippen LogP) is 5.10. The van der Waals surface area contributed by atoms with Gasteiger partial charge in [-0.15, -0.1) is 0 Å². The molecule has 0 saturated carbocycles. The summed E-state index contributed by atoms with van der Waals surface area (Å²) in [5.74, 6) is -1.85. The van der Waals surface area contributed by atoms with Crippen molar-refractivity contribution in [3.05, 3.63) is 86.5 Å². The van der Waals surface area contributed by atoms with Gasteiger partial charge in [0, 0.05) is 22.2 Å². The first-order valence-corrected chi connectivity index (χ1v) is 13.2. The Hall–Kier alpha value is -3.81. The summed E-state index contributed by atoms with van der Waals surface area (Å²) in [6.07, 6.45) is -0.0377. The lowest BCUT2D eigenvalue weighted by Crippen LogP contribution is -2.31. The molecule has 0 bridgehead atoms. The number of esters is 1. The van der Waals surface area contributed by atoms with Gasteiger partial charge in [-0.2, -0.15) is 5.26 Å². The van der Waals surface area contributed by atoms with E-state index in [9.17, 15) is 24.4 Å². The molecule has 8 nitrogen and oxygen atoms in total. The Bertz CT molecular complexity index is 1500. The van der Waals surface area contributed by atoms with Gasteiger partial charge in [0.05, 0.1) is 22.1 Å². The smallest absolute Gasteiger partial charge is 0.338 e. The van der Waals surface area contributed by atoms with Crippen molar-refractivity contribution in [1.82, 2.24) is 4.98 Å². The molecule has 0 radical (unpaired) electrons. The number of hydrogen-bond donors (Lipinski definition) is 0. The number of carbonyl (C=O) groups excluding carboxylic acids is 4. The molecule has 1 aromatic heterocycles. The zero-order chi connectivity index (χ0) is 27.6. The number of aryl methyl sites for hydroxylation is 1. The Morgan fingerprint density at radius 1 is 1.05 bits per heavy atom. The van der Waals surface area contributed by atoms with Gasteiger partial charge in [-0.3, -0.25) is 14.4 Å². The van der Waals surface area contributed by atoms with Gasteiger partial charge in [0.2, 0.25) is 11.8 Å². The minimum Gasteiger partial charge on any atom is -0.454 e. The summed E-state index contributed by atoms with van der Waals surface area (Å²) in [7, 11) is 0. The average Bonchev–Trinajstić information content (AvgIpc) is 3.18. The molecule has 4 rings (SSSR count). The van der Waals surface area contributed by atoms with Gasteiger partial charge < -0.3 is 4.74 Å². The largest absolute Gasteiger partial charge is 0.454 e. The fourth-order valence-corrected chi connectivity index (χ4v) is 5.38. The zero-order valence-corrected chi connectivity index (χ0v) is 23.2. The van der Waals surface area contributed by atoms with Gasteiger partial charge >= 0.3 is 5.97 Å². The maximum absolute atomic E-state index is 13.2. The number of ketones is 1. The van der Waals surface area contributed by atoms with Crippen molar-refractivity contribution in [2.75, 3.05) is 11.5 Å². The van der Waals surface area contributed by atoms with Crippen LogP contribution in [-0.4, -0.2) is 40.4 Å². The Morgan fingerprint density at radius 2 is 1.68 bits per heavy atom. The van der Waals surface area contributed by atoms with E-state index in [2.05, 4.69) is 27.0 Å². The summed E-state index contributed by atoms with van der Waals surface area (Å²) in [6.45, 7) is 5.15. The monoisotopic (exact) mass is 591 g/mol. The van der Waals surface area contributed by atoms with Crippen LogP contribution in [-0.2, 0) is 14.3 Å². The van der Waals surface area contributed by atoms with Gasteiger partial charge in [0.1, 0.15) is 11.1 Å². The minimum absolute atomic E-state index is 0.0377. The Balaban J connectivity index is 1.43. The van der Waals surface area contributed by atoms with Crippen molar-refractivity contribution >= 4 is 56.9 Å². The molecule has 1 unspecified atom stereocenters. The van der Waals surface area contributed by atoms with E-state index in [1.807, 2.05) is 20.8 Å². The second kappa shape index (κ2) is 11.3. The molecule has 10 heteroatoms. The highest BCUT2D eigenvalue weighted by molar-refractivity contribution is 9.10. The number of rotatable bonds is 7. The van der Waals surface area contributed by atoms with Gasteiger partial charge in [0.15, 0.2) is 12.4 Å². The van der Waals surface area contributed by atoms with Crippen LogP contribution >= 0.6 is 27.7 Å². The fraction of sp³-hybridized carbons (Fsp3) is 0.214. The van der Waals surface area contributed by atoms with Gasteiger partial charge in [0.25, 0.3) is 0 Å². The number of benzene rings is 2. The van der Waals surface area contributed by atoms with E-state index < -0.39 is 23.7 Å². The van der Waals surface area contributed by atoms with Crippen LogP contribution < -0.4 is 4.90 Å². The number of ether oxygens (including phenoxy) is 1. The molecule has 2 amide bonds.